The summed E-state index contributed by atoms with van der Waals surface area (Å²) in [4.78, 5) is 2.44. The number of benzene rings is 1. The summed E-state index contributed by atoms with van der Waals surface area (Å²) in [5.41, 5.74) is 1.26. The zero-order valence-corrected chi connectivity index (χ0v) is 11.4. The minimum absolute atomic E-state index is 0.337. The topological polar surface area (TPSA) is 23.5 Å². The van der Waals surface area contributed by atoms with E-state index >= 15 is 0 Å². The largest absolute Gasteiger partial charge is 0.508 e. The van der Waals surface area contributed by atoms with Gasteiger partial charge in [-0.05, 0) is 30.7 Å². The van der Waals surface area contributed by atoms with Crippen molar-refractivity contribution in [2.45, 2.75) is 26.3 Å². The van der Waals surface area contributed by atoms with Crippen molar-refractivity contribution in [1.29, 1.82) is 0 Å². The van der Waals surface area contributed by atoms with E-state index in [0.29, 0.717) is 5.75 Å². The Morgan fingerprint density at radius 3 is 2.44 bits per heavy atom. The molecule has 0 saturated carbocycles. The van der Waals surface area contributed by atoms with Crippen molar-refractivity contribution in [3.8, 4) is 5.75 Å². The highest BCUT2D eigenvalue weighted by Gasteiger charge is 2.04. The molecule has 1 N–H and O–H groups in total. The van der Waals surface area contributed by atoms with Crippen molar-refractivity contribution in [2.24, 2.45) is 0 Å². The highest BCUT2D eigenvalue weighted by atomic mass is 79.9. The molecule has 2 nitrogen and oxygen atoms in total. The van der Waals surface area contributed by atoms with Crippen LogP contribution in [0.5, 0.6) is 5.75 Å². The van der Waals surface area contributed by atoms with E-state index in [1.54, 1.807) is 12.1 Å². The number of phenolic OH excluding ortho intramolecular Hbond substituents is 1. The average molecular weight is 286 g/mol. The quantitative estimate of drug-likeness (QED) is 0.777. The van der Waals surface area contributed by atoms with Gasteiger partial charge in [0.25, 0.3) is 0 Å². The monoisotopic (exact) mass is 285 g/mol. The first-order chi connectivity index (χ1) is 7.76. The fourth-order valence-electron chi connectivity index (χ4n) is 1.63. The van der Waals surface area contributed by atoms with Crippen LogP contribution in [0.25, 0.3) is 0 Å². The molecule has 1 aromatic rings. The van der Waals surface area contributed by atoms with E-state index in [-0.39, 0.29) is 0 Å². The summed E-state index contributed by atoms with van der Waals surface area (Å²) in [6.07, 6.45) is 2.47. The highest BCUT2D eigenvalue weighted by molar-refractivity contribution is 9.09. The van der Waals surface area contributed by atoms with Gasteiger partial charge in [0.15, 0.2) is 0 Å². The number of hydrogen-bond acceptors (Lipinski definition) is 2. The van der Waals surface area contributed by atoms with Gasteiger partial charge in [0.05, 0.1) is 0 Å². The van der Waals surface area contributed by atoms with Crippen LogP contribution in [0.1, 0.15) is 25.3 Å². The third-order valence-corrected chi connectivity index (χ3v) is 2.93. The number of alkyl halides is 1. The van der Waals surface area contributed by atoms with Crippen molar-refractivity contribution in [2.75, 3.05) is 18.4 Å². The lowest BCUT2D eigenvalue weighted by atomic mass is 10.2. The molecule has 0 fully saturated rings. The Morgan fingerprint density at radius 1 is 1.19 bits per heavy atom. The second-order valence-corrected chi connectivity index (χ2v) is 4.78. The molecular formula is C13H20BrNO. The van der Waals surface area contributed by atoms with Crippen LogP contribution in [-0.4, -0.2) is 28.4 Å². The van der Waals surface area contributed by atoms with Gasteiger partial charge in [0, 0.05) is 18.4 Å². The number of rotatable bonds is 7. The van der Waals surface area contributed by atoms with Crippen molar-refractivity contribution >= 4 is 15.9 Å². The fraction of sp³-hybridized carbons (Fsp3) is 0.538. The van der Waals surface area contributed by atoms with E-state index in [0.717, 1.165) is 25.0 Å². The van der Waals surface area contributed by atoms with Gasteiger partial charge in [0.2, 0.25) is 0 Å². The highest BCUT2D eigenvalue weighted by Crippen LogP contribution is 2.12. The number of hydrogen-bond donors (Lipinski definition) is 1. The molecule has 16 heavy (non-hydrogen) atoms. The first-order valence-corrected chi connectivity index (χ1v) is 6.94. The second-order valence-electron chi connectivity index (χ2n) is 3.99. The lowest BCUT2D eigenvalue weighted by Crippen LogP contribution is -2.26. The smallest absolute Gasteiger partial charge is 0.115 e. The van der Waals surface area contributed by atoms with Gasteiger partial charge >= 0.3 is 0 Å². The summed E-state index contributed by atoms with van der Waals surface area (Å²) in [5, 5.41) is 10.2. The number of aromatic hydroxyl groups is 1. The van der Waals surface area contributed by atoms with Crippen LogP contribution in [0.4, 0.5) is 0 Å². The minimum atomic E-state index is 0.337. The lowest BCUT2D eigenvalue weighted by molar-refractivity contribution is 0.278. The maximum Gasteiger partial charge on any atom is 0.115 e. The van der Waals surface area contributed by atoms with Crippen LogP contribution >= 0.6 is 15.9 Å². The molecule has 0 atom stereocenters. The van der Waals surface area contributed by atoms with Gasteiger partial charge in [-0.1, -0.05) is 41.4 Å². The van der Waals surface area contributed by atoms with E-state index in [2.05, 4.69) is 27.8 Å². The molecule has 0 saturated heterocycles. The Morgan fingerprint density at radius 2 is 1.88 bits per heavy atom. The Labute approximate surface area is 106 Å². The molecule has 0 unspecified atom stereocenters. The van der Waals surface area contributed by atoms with Crippen molar-refractivity contribution < 1.29 is 5.11 Å². The number of phenols is 1. The Hall–Kier alpha value is -0.540. The second kappa shape index (κ2) is 7.69. The predicted molar refractivity (Wildman–Crippen MR) is 72.1 cm³/mol. The molecule has 0 bridgehead atoms. The van der Waals surface area contributed by atoms with E-state index in [4.69, 9.17) is 0 Å². The summed E-state index contributed by atoms with van der Waals surface area (Å²) in [7, 11) is 0. The summed E-state index contributed by atoms with van der Waals surface area (Å²) in [6.45, 7) is 5.39. The molecule has 0 spiro atoms. The molecule has 3 heteroatoms. The van der Waals surface area contributed by atoms with Crippen LogP contribution < -0.4 is 0 Å². The molecule has 0 radical (unpaired) electrons. The summed E-state index contributed by atoms with van der Waals surface area (Å²) >= 11 is 3.49. The number of nitrogens with zero attached hydrogens (tertiary/aromatic N) is 1. The van der Waals surface area contributed by atoms with Crippen molar-refractivity contribution in [3.63, 3.8) is 0 Å². The SMILES string of the molecule is CCCCN(CCBr)Cc1ccc(O)cc1. The molecule has 0 amide bonds. The molecule has 0 heterocycles. The maximum atomic E-state index is 9.21. The van der Waals surface area contributed by atoms with Crippen molar-refractivity contribution in [3.05, 3.63) is 29.8 Å². The van der Waals surface area contributed by atoms with Crippen LogP contribution in [-0.2, 0) is 6.54 Å². The molecule has 0 aliphatic rings. The standard InChI is InChI=1S/C13H20BrNO/c1-2-3-9-15(10-8-14)11-12-4-6-13(16)7-5-12/h4-7,16H,2-3,8-11H2,1H3. The first kappa shape index (κ1) is 13.5. The average Bonchev–Trinajstić information content (AvgIpc) is 2.29. The maximum absolute atomic E-state index is 9.21. The molecule has 90 valence electrons. The Kier molecular flexibility index (Phi) is 6.50. The molecule has 1 aromatic carbocycles. The molecule has 0 aromatic heterocycles. The van der Waals surface area contributed by atoms with Gasteiger partial charge in [-0.25, -0.2) is 0 Å². The van der Waals surface area contributed by atoms with E-state index in [9.17, 15) is 5.11 Å². The van der Waals surface area contributed by atoms with Gasteiger partial charge < -0.3 is 5.11 Å². The fourth-order valence-corrected chi connectivity index (χ4v) is 2.13. The zero-order valence-electron chi connectivity index (χ0n) is 9.82. The van der Waals surface area contributed by atoms with Gasteiger partial charge in [0.1, 0.15) is 5.75 Å². The van der Waals surface area contributed by atoms with E-state index in [1.165, 1.54) is 18.4 Å². The van der Waals surface area contributed by atoms with Crippen LogP contribution in [0.2, 0.25) is 0 Å². The number of halogens is 1. The van der Waals surface area contributed by atoms with Crippen LogP contribution in [0.3, 0.4) is 0 Å². The first-order valence-electron chi connectivity index (χ1n) is 5.82. The number of unbranched alkanes of at least 4 members (excludes halogenated alkanes) is 1. The molecule has 1 rings (SSSR count). The molecule has 0 aliphatic heterocycles. The Balaban J connectivity index is 2.49. The predicted octanol–water partition coefficient (Wildman–Crippen LogP) is 3.39. The third-order valence-electron chi connectivity index (χ3n) is 2.57. The normalized spacial score (nSPS) is 10.9. The van der Waals surface area contributed by atoms with Crippen molar-refractivity contribution in [1.82, 2.24) is 4.90 Å². The van der Waals surface area contributed by atoms with Gasteiger partial charge in [-0.15, -0.1) is 0 Å². The van der Waals surface area contributed by atoms with Crippen LogP contribution in [0.15, 0.2) is 24.3 Å². The lowest BCUT2D eigenvalue weighted by Gasteiger charge is -2.21. The summed E-state index contributed by atoms with van der Waals surface area (Å²) in [5.74, 6) is 0.337. The molecular weight excluding hydrogens is 266 g/mol. The van der Waals surface area contributed by atoms with Gasteiger partial charge in [-0.2, -0.15) is 0 Å². The summed E-state index contributed by atoms with van der Waals surface area (Å²) in [6, 6.07) is 7.48. The van der Waals surface area contributed by atoms with E-state index < -0.39 is 0 Å². The van der Waals surface area contributed by atoms with Gasteiger partial charge in [-0.3, -0.25) is 4.90 Å². The minimum Gasteiger partial charge on any atom is -0.508 e. The van der Waals surface area contributed by atoms with Crippen LogP contribution in [0, 0.1) is 0 Å². The third kappa shape index (κ3) is 4.99. The van der Waals surface area contributed by atoms with E-state index in [1.807, 2.05) is 12.1 Å². The Bertz CT molecular complexity index is 286. The summed E-state index contributed by atoms with van der Waals surface area (Å²) < 4.78 is 0. The zero-order chi connectivity index (χ0) is 11.8. The molecule has 0 aliphatic carbocycles.